The maximum absolute atomic E-state index is 13.1. The number of benzene rings is 1. The normalized spacial score (nSPS) is 14.1. The van der Waals surface area contributed by atoms with Crippen molar-refractivity contribution in [3.8, 4) is 6.07 Å². The molecule has 1 saturated heterocycles. The molecule has 3 aromatic rings. The van der Waals surface area contributed by atoms with Crippen molar-refractivity contribution in [2.75, 3.05) is 37.7 Å². The fourth-order valence-corrected chi connectivity index (χ4v) is 4.65. The van der Waals surface area contributed by atoms with E-state index in [-0.39, 0.29) is 23.6 Å². The third-order valence-corrected chi connectivity index (χ3v) is 6.27. The van der Waals surface area contributed by atoms with Crippen LogP contribution in [0, 0.1) is 11.3 Å². The summed E-state index contributed by atoms with van der Waals surface area (Å²) in [5.41, 5.74) is 1.17. The van der Waals surface area contributed by atoms with Gasteiger partial charge in [0.1, 0.15) is 11.6 Å². The van der Waals surface area contributed by atoms with E-state index < -0.39 is 0 Å². The lowest BCUT2D eigenvalue weighted by Gasteiger charge is -2.37. The van der Waals surface area contributed by atoms with E-state index in [4.69, 9.17) is 0 Å². The number of carbonyl (C=O) groups is 1. The summed E-state index contributed by atoms with van der Waals surface area (Å²) in [6.07, 6.45) is 0.442. The Morgan fingerprint density at radius 2 is 1.90 bits per heavy atom. The van der Waals surface area contributed by atoms with Crippen LogP contribution in [-0.2, 0) is 6.54 Å². The van der Waals surface area contributed by atoms with Gasteiger partial charge in [0.05, 0.1) is 16.1 Å². The monoisotopic (exact) mass is 422 g/mol. The number of fused-ring (bicyclic) bond motifs is 1. The molecule has 0 spiro atoms. The largest absolute Gasteiger partial charge is 0.396 e. The van der Waals surface area contributed by atoms with Gasteiger partial charge in [-0.05, 0) is 23.9 Å². The average molecular weight is 423 g/mol. The van der Waals surface area contributed by atoms with Crippen molar-refractivity contribution < 1.29 is 9.90 Å². The molecule has 1 N–H and O–H groups in total. The summed E-state index contributed by atoms with van der Waals surface area (Å²) in [6.45, 7) is 2.50. The number of piperazine rings is 1. The average Bonchev–Trinajstić information content (AvgIpc) is 3.32. The highest BCUT2D eigenvalue weighted by molar-refractivity contribution is 7.12. The maximum Gasteiger partial charge on any atom is 0.271 e. The van der Waals surface area contributed by atoms with Crippen LogP contribution in [0.5, 0.6) is 0 Å². The molecule has 1 aliphatic heterocycles. The summed E-state index contributed by atoms with van der Waals surface area (Å²) in [7, 11) is 0. The minimum absolute atomic E-state index is 0.0226. The molecule has 0 unspecified atom stereocenters. The highest BCUT2D eigenvalue weighted by Crippen LogP contribution is 2.30. The van der Waals surface area contributed by atoms with Gasteiger partial charge in [0.15, 0.2) is 0 Å². The smallest absolute Gasteiger partial charge is 0.271 e. The molecule has 2 aromatic heterocycles. The number of hydrogen-bond donors (Lipinski definition) is 1. The van der Waals surface area contributed by atoms with E-state index in [1.807, 2.05) is 51.6 Å². The summed E-state index contributed by atoms with van der Waals surface area (Å²) in [5, 5.41) is 21.7. The fraction of sp³-hybridized carbons (Fsp3) is 0.318. The van der Waals surface area contributed by atoms with E-state index in [1.165, 1.54) is 11.3 Å². The highest BCUT2D eigenvalue weighted by atomic mass is 32.1. The number of amides is 1. The maximum atomic E-state index is 13.1. The molecule has 1 aliphatic rings. The molecule has 1 fully saturated rings. The van der Waals surface area contributed by atoms with Crippen molar-refractivity contribution in [2.45, 2.75) is 13.0 Å². The fourth-order valence-electron chi connectivity index (χ4n) is 3.96. The van der Waals surface area contributed by atoms with Gasteiger partial charge in [-0.1, -0.05) is 24.3 Å². The van der Waals surface area contributed by atoms with Crippen LogP contribution >= 0.6 is 11.3 Å². The lowest BCUT2D eigenvalue weighted by Crippen LogP contribution is -2.49. The van der Waals surface area contributed by atoms with Crippen LogP contribution in [0.1, 0.15) is 21.7 Å². The van der Waals surface area contributed by atoms with Crippen molar-refractivity contribution >= 4 is 33.8 Å². The third-order valence-electron chi connectivity index (χ3n) is 5.41. The summed E-state index contributed by atoms with van der Waals surface area (Å²) in [4.78, 5) is 30.3. The molecule has 4 rings (SSSR count). The van der Waals surface area contributed by atoms with Gasteiger partial charge in [0.2, 0.25) is 0 Å². The van der Waals surface area contributed by atoms with Gasteiger partial charge < -0.3 is 19.5 Å². The number of aliphatic hydroxyl groups excluding tert-OH is 1. The third kappa shape index (κ3) is 3.58. The van der Waals surface area contributed by atoms with E-state index in [2.05, 4.69) is 6.07 Å². The minimum Gasteiger partial charge on any atom is -0.396 e. The second kappa shape index (κ2) is 8.69. The van der Waals surface area contributed by atoms with Gasteiger partial charge in [0, 0.05) is 44.7 Å². The Morgan fingerprint density at radius 1 is 1.13 bits per heavy atom. The van der Waals surface area contributed by atoms with E-state index >= 15 is 0 Å². The lowest BCUT2D eigenvalue weighted by molar-refractivity contribution is 0.0751. The van der Waals surface area contributed by atoms with E-state index in [0.29, 0.717) is 44.8 Å². The lowest BCUT2D eigenvalue weighted by atomic mass is 10.1. The van der Waals surface area contributed by atoms with Crippen LogP contribution in [0.15, 0.2) is 46.6 Å². The van der Waals surface area contributed by atoms with Crippen LogP contribution in [0.4, 0.5) is 5.69 Å². The van der Waals surface area contributed by atoms with Crippen LogP contribution in [-0.4, -0.2) is 53.3 Å². The zero-order valence-corrected chi connectivity index (χ0v) is 17.3. The highest BCUT2D eigenvalue weighted by Gasteiger charge is 2.27. The molecule has 0 bridgehead atoms. The predicted octanol–water partition coefficient (Wildman–Crippen LogP) is 2.28. The number of thiophene rings is 1. The molecule has 0 saturated carbocycles. The quantitative estimate of drug-likeness (QED) is 0.681. The number of carbonyl (C=O) groups excluding carboxylic acids is 1. The van der Waals surface area contributed by atoms with Crippen LogP contribution in [0.25, 0.3) is 10.9 Å². The first-order chi connectivity index (χ1) is 14.7. The molecule has 0 atom stereocenters. The van der Waals surface area contributed by atoms with Gasteiger partial charge in [-0.2, -0.15) is 5.26 Å². The molecule has 154 valence electrons. The zero-order chi connectivity index (χ0) is 21.1. The van der Waals surface area contributed by atoms with Gasteiger partial charge in [-0.3, -0.25) is 9.59 Å². The number of hydrogen-bond acceptors (Lipinski definition) is 6. The first kappa shape index (κ1) is 20.1. The van der Waals surface area contributed by atoms with Crippen molar-refractivity contribution in [3.05, 3.63) is 62.6 Å². The SMILES string of the molecule is N#Cc1c(N2CCN(C(=O)c3cccs3)CC2)c2ccccc2n(CCCO)c1=O. The Morgan fingerprint density at radius 3 is 2.57 bits per heavy atom. The second-order valence-corrected chi connectivity index (χ2v) is 8.09. The van der Waals surface area contributed by atoms with Crippen molar-refractivity contribution in [2.24, 2.45) is 0 Å². The summed E-state index contributed by atoms with van der Waals surface area (Å²) in [5.74, 6) is 0.0226. The Labute approximate surface area is 178 Å². The van der Waals surface area contributed by atoms with Gasteiger partial charge in [0.25, 0.3) is 11.5 Å². The number of aliphatic hydroxyl groups is 1. The Balaban J connectivity index is 1.69. The van der Waals surface area contributed by atoms with Gasteiger partial charge >= 0.3 is 0 Å². The van der Waals surface area contributed by atoms with Crippen LogP contribution < -0.4 is 10.5 Å². The number of rotatable bonds is 5. The standard InChI is InChI=1S/C22H22N4O3S/c23-15-17-20(16-5-1-2-6-18(16)26(21(17)28)8-4-13-27)24-9-11-25(12-10-24)22(29)19-7-3-14-30-19/h1-3,5-7,14,27H,4,8-13H2. The van der Waals surface area contributed by atoms with E-state index in [0.717, 1.165) is 15.8 Å². The Bertz CT molecular complexity index is 1160. The number of pyridine rings is 1. The Hall–Kier alpha value is -3.15. The number of para-hydroxylation sites is 1. The predicted molar refractivity (Wildman–Crippen MR) is 117 cm³/mol. The molecule has 7 nitrogen and oxygen atoms in total. The van der Waals surface area contributed by atoms with Gasteiger partial charge in [-0.15, -0.1) is 11.3 Å². The molecule has 30 heavy (non-hydrogen) atoms. The summed E-state index contributed by atoms with van der Waals surface area (Å²) >= 11 is 1.43. The molecule has 1 amide bonds. The van der Waals surface area contributed by atoms with E-state index in [9.17, 15) is 20.0 Å². The summed E-state index contributed by atoms with van der Waals surface area (Å²) in [6, 6.07) is 13.4. The molecule has 0 aliphatic carbocycles. The topological polar surface area (TPSA) is 89.6 Å². The van der Waals surface area contributed by atoms with Crippen molar-refractivity contribution in [1.29, 1.82) is 5.26 Å². The first-order valence-corrected chi connectivity index (χ1v) is 10.8. The molecular formula is C22H22N4O3S. The first-order valence-electron chi connectivity index (χ1n) is 9.90. The summed E-state index contributed by atoms with van der Waals surface area (Å²) < 4.78 is 1.57. The minimum atomic E-state index is -0.336. The van der Waals surface area contributed by atoms with Crippen molar-refractivity contribution in [1.82, 2.24) is 9.47 Å². The molecule has 8 heteroatoms. The molecule has 3 heterocycles. The van der Waals surface area contributed by atoms with Crippen LogP contribution in [0.3, 0.4) is 0 Å². The molecular weight excluding hydrogens is 400 g/mol. The number of aryl methyl sites for hydroxylation is 1. The van der Waals surface area contributed by atoms with E-state index in [1.54, 1.807) is 4.57 Å². The number of nitrogens with zero attached hydrogens (tertiary/aromatic N) is 4. The van der Waals surface area contributed by atoms with Crippen molar-refractivity contribution in [3.63, 3.8) is 0 Å². The second-order valence-electron chi connectivity index (χ2n) is 7.14. The molecule has 1 aromatic carbocycles. The number of aromatic nitrogens is 1. The number of anilines is 1. The molecule has 0 radical (unpaired) electrons. The zero-order valence-electron chi connectivity index (χ0n) is 16.5. The number of nitriles is 1. The Kier molecular flexibility index (Phi) is 5.84. The van der Waals surface area contributed by atoms with Gasteiger partial charge in [-0.25, -0.2) is 0 Å². The van der Waals surface area contributed by atoms with Crippen LogP contribution in [0.2, 0.25) is 0 Å².